The van der Waals surface area contributed by atoms with Crippen LogP contribution in [0.5, 0.6) is 5.75 Å². The summed E-state index contributed by atoms with van der Waals surface area (Å²) in [6.45, 7) is 3.31. The van der Waals surface area contributed by atoms with Crippen molar-refractivity contribution in [2.75, 3.05) is 44.6 Å². The van der Waals surface area contributed by atoms with Crippen molar-refractivity contribution in [3.05, 3.63) is 24.3 Å². The van der Waals surface area contributed by atoms with E-state index in [0.717, 1.165) is 12.1 Å². The molecule has 0 aliphatic carbocycles. The number of hydrogen-bond donors (Lipinski definition) is 2. The minimum atomic E-state index is -4.75. The maximum atomic E-state index is 12.1. The largest absolute Gasteiger partial charge is 0.573 e. The van der Waals surface area contributed by atoms with Crippen LogP contribution in [0, 0.1) is 0 Å². The maximum Gasteiger partial charge on any atom is 0.573 e. The summed E-state index contributed by atoms with van der Waals surface area (Å²) in [7, 11) is 0. The van der Waals surface area contributed by atoms with Crippen molar-refractivity contribution in [2.24, 2.45) is 0 Å². The van der Waals surface area contributed by atoms with Crippen LogP contribution >= 0.6 is 0 Å². The number of nitrogens with one attached hydrogen (secondary N) is 1. The molecule has 144 valence electrons. The first-order chi connectivity index (χ1) is 12.2. The van der Waals surface area contributed by atoms with Gasteiger partial charge in [-0.05, 0) is 24.3 Å². The molecule has 1 saturated heterocycles. The molecule has 0 spiro atoms. The van der Waals surface area contributed by atoms with E-state index in [1.165, 1.54) is 12.1 Å². The Hall–Kier alpha value is -2.33. The van der Waals surface area contributed by atoms with Crippen LogP contribution < -0.4 is 10.1 Å². The van der Waals surface area contributed by atoms with Gasteiger partial charge in [0.15, 0.2) is 0 Å². The third kappa shape index (κ3) is 7.28. The third-order valence-electron chi connectivity index (χ3n) is 3.85. The number of piperazine rings is 1. The minimum absolute atomic E-state index is 0.0918. The summed E-state index contributed by atoms with van der Waals surface area (Å²) in [6, 6.07) is 4.93. The first-order valence-corrected chi connectivity index (χ1v) is 8.03. The number of carbonyl (C=O) groups is 2. The number of aliphatic carboxylic acids is 1. The van der Waals surface area contributed by atoms with Crippen molar-refractivity contribution >= 4 is 17.6 Å². The maximum absolute atomic E-state index is 12.1. The van der Waals surface area contributed by atoms with Crippen LogP contribution in [0.25, 0.3) is 0 Å². The van der Waals surface area contributed by atoms with Gasteiger partial charge in [-0.3, -0.25) is 14.5 Å². The molecular weight excluding hydrogens is 355 g/mol. The van der Waals surface area contributed by atoms with Crippen LogP contribution in [-0.4, -0.2) is 72.4 Å². The van der Waals surface area contributed by atoms with Gasteiger partial charge in [0.25, 0.3) is 0 Å². The number of benzene rings is 1. The molecule has 0 bridgehead atoms. The quantitative estimate of drug-likeness (QED) is 0.754. The highest BCUT2D eigenvalue weighted by atomic mass is 19.4. The Morgan fingerprint density at radius 2 is 1.65 bits per heavy atom. The van der Waals surface area contributed by atoms with Gasteiger partial charge in [-0.15, -0.1) is 13.2 Å². The lowest BCUT2D eigenvalue weighted by Crippen LogP contribution is -2.48. The summed E-state index contributed by atoms with van der Waals surface area (Å²) < 4.78 is 40.1. The summed E-state index contributed by atoms with van der Waals surface area (Å²) in [5, 5.41) is 11.3. The van der Waals surface area contributed by atoms with E-state index in [4.69, 9.17) is 5.11 Å². The van der Waals surface area contributed by atoms with Gasteiger partial charge < -0.3 is 20.1 Å². The Balaban J connectivity index is 1.73. The molecule has 26 heavy (non-hydrogen) atoms. The van der Waals surface area contributed by atoms with E-state index >= 15 is 0 Å². The lowest BCUT2D eigenvalue weighted by molar-refractivity contribution is -0.274. The first kappa shape index (κ1) is 20.0. The van der Waals surface area contributed by atoms with Gasteiger partial charge in [0.1, 0.15) is 5.75 Å². The minimum Gasteiger partial charge on any atom is -0.481 e. The molecule has 1 fully saturated rings. The van der Waals surface area contributed by atoms with Gasteiger partial charge in [0.2, 0.25) is 5.91 Å². The topological polar surface area (TPSA) is 82.1 Å². The van der Waals surface area contributed by atoms with E-state index in [1.807, 2.05) is 9.80 Å². The van der Waals surface area contributed by atoms with Gasteiger partial charge >= 0.3 is 12.3 Å². The molecule has 2 N–H and O–H groups in total. The summed E-state index contributed by atoms with van der Waals surface area (Å²) >= 11 is 0. The molecule has 0 atom stereocenters. The number of nitrogens with zero attached hydrogens (tertiary/aromatic N) is 2. The molecule has 1 aromatic carbocycles. The summed E-state index contributed by atoms with van der Waals surface area (Å²) in [5.74, 6) is -1.46. The van der Waals surface area contributed by atoms with Gasteiger partial charge in [-0.25, -0.2) is 0 Å². The van der Waals surface area contributed by atoms with Crippen molar-refractivity contribution in [2.45, 2.75) is 12.8 Å². The molecule has 1 amide bonds. The van der Waals surface area contributed by atoms with Crippen LogP contribution in [0.15, 0.2) is 24.3 Å². The normalized spacial score (nSPS) is 16.3. The monoisotopic (exact) mass is 375 g/mol. The number of carbonyl (C=O) groups excluding carboxylic acids is 1. The Kier molecular flexibility index (Phi) is 6.81. The molecule has 1 aromatic rings. The average molecular weight is 375 g/mol. The van der Waals surface area contributed by atoms with Gasteiger partial charge in [-0.2, -0.15) is 0 Å². The Bertz CT molecular complexity index is 614. The van der Waals surface area contributed by atoms with Crippen molar-refractivity contribution in [3.63, 3.8) is 0 Å². The Morgan fingerprint density at radius 1 is 1.08 bits per heavy atom. The van der Waals surface area contributed by atoms with E-state index in [2.05, 4.69) is 10.1 Å². The molecule has 10 heteroatoms. The highest BCUT2D eigenvalue weighted by Crippen LogP contribution is 2.23. The fraction of sp³-hybridized carbons (Fsp3) is 0.500. The van der Waals surface area contributed by atoms with E-state index in [0.29, 0.717) is 38.4 Å². The molecular formula is C16H20F3N3O4. The van der Waals surface area contributed by atoms with Gasteiger partial charge in [-0.1, -0.05) is 0 Å². The summed E-state index contributed by atoms with van der Waals surface area (Å²) in [6.07, 6.45) is -4.66. The molecule has 2 rings (SSSR count). The van der Waals surface area contributed by atoms with Crippen LogP contribution in [0.2, 0.25) is 0 Å². The van der Waals surface area contributed by atoms with Crippen molar-refractivity contribution in [1.82, 2.24) is 9.80 Å². The second kappa shape index (κ2) is 8.86. The highest BCUT2D eigenvalue weighted by Gasteiger charge is 2.31. The number of anilines is 1. The number of alkyl halides is 3. The van der Waals surface area contributed by atoms with Crippen LogP contribution in [0.4, 0.5) is 18.9 Å². The Labute approximate surface area is 148 Å². The van der Waals surface area contributed by atoms with E-state index in [1.54, 1.807) is 0 Å². The molecule has 0 radical (unpaired) electrons. The molecule has 1 aliphatic heterocycles. The molecule has 7 nitrogen and oxygen atoms in total. The zero-order valence-corrected chi connectivity index (χ0v) is 14.0. The molecule has 1 heterocycles. The predicted molar refractivity (Wildman–Crippen MR) is 86.9 cm³/mol. The zero-order valence-electron chi connectivity index (χ0n) is 14.0. The number of halogens is 3. The first-order valence-electron chi connectivity index (χ1n) is 8.03. The highest BCUT2D eigenvalue weighted by molar-refractivity contribution is 5.92. The second-order valence-corrected chi connectivity index (χ2v) is 5.88. The average Bonchev–Trinajstić information content (AvgIpc) is 2.54. The molecule has 0 saturated carbocycles. The molecule has 0 unspecified atom stereocenters. The van der Waals surface area contributed by atoms with Crippen LogP contribution in [0.1, 0.15) is 6.42 Å². The Morgan fingerprint density at radius 3 is 2.19 bits per heavy atom. The van der Waals surface area contributed by atoms with Crippen LogP contribution in [0.3, 0.4) is 0 Å². The smallest absolute Gasteiger partial charge is 0.481 e. The van der Waals surface area contributed by atoms with E-state index in [9.17, 15) is 22.8 Å². The van der Waals surface area contributed by atoms with E-state index in [-0.39, 0.29) is 24.6 Å². The van der Waals surface area contributed by atoms with Gasteiger partial charge in [0.05, 0.1) is 13.0 Å². The number of carboxylic acid groups (broad SMARTS) is 1. The van der Waals surface area contributed by atoms with E-state index < -0.39 is 12.3 Å². The van der Waals surface area contributed by atoms with Crippen molar-refractivity contribution in [1.29, 1.82) is 0 Å². The zero-order chi connectivity index (χ0) is 19.2. The summed E-state index contributed by atoms with van der Waals surface area (Å²) in [4.78, 5) is 26.6. The summed E-state index contributed by atoms with van der Waals surface area (Å²) in [5.41, 5.74) is 0.379. The lowest BCUT2D eigenvalue weighted by Gasteiger charge is -2.33. The lowest BCUT2D eigenvalue weighted by atomic mass is 10.2. The van der Waals surface area contributed by atoms with Crippen molar-refractivity contribution in [3.8, 4) is 5.75 Å². The van der Waals surface area contributed by atoms with Crippen molar-refractivity contribution < 1.29 is 32.6 Å². The predicted octanol–water partition coefficient (Wildman–Crippen LogP) is 1.62. The number of ether oxygens (including phenoxy) is 1. The number of hydrogen-bond acceptors (Lipinski definition) is 5. The van der Waals surface area contributed by atoms with Crippen LogP contribution in [-0.2, 0) is 9.59 Å². The fourth-order valence-corrected chi connectivity index (χ4v) is 2.57. The van der Waals surface area contributed by atoms with Gasteiger partial charge in [0, 0.05) is 38.4 Å². The fourth-order valence-electron chi connectivity index (χ4n) is 2.57. The SMILES string of the molecule is O=C(O)CCN1CCN(CC(=O)Nc2ccc(OC(F)(F)F)cc2)CC1. The molecule has 0 aromatic heterocycles. The third-order valence-corrected chi connectivity index (χ3v) is 3.85. The second-order valence-electron chi connectivity index (χ2n) is 5.88. The number of rotatable bonds is 7. The standard InChI is InChI=1S/C16H20F3N3O4/c17-16(18,19)26-13-3-1-12(2-4-13)20-14(23)11-22-9-7-21(8-10-22)6-5-15(24)25/h1-4H,5-11H2,(H,20,23)(H,24,25). The number of carboxylic acids is 1. The molecule has 1 aliphatic rings. The number of amides is 1.